The topological polar surface area (TPSA) is 54.0 Å². The fourth-order valence-electron chi connectivity index (χ4n) is 2.61. The van der Waals surface area contributed by atoms with Crippen molar-refractivity contribution in [2.45, 2.75) is 30.9 Å². The quantitative estimate of drug-likeness (QED) is 0.735. The number of hydrogen-bond acceptors (Lipinski definition) is 5. The molecule has 0 aliphatic carbocycles. The number of hydrogen-bond donors (Lipinski definition) is 0. The van der Waals surface area contributed by atoms with Gasteiger partial charge in [-0.15, -0.1) is 0 Å². The molecule has 5 atom stereocenters. The van der Waals surface area contributed by atoms with Crippen LogP contribution in [-0.2, 0) is 23.7 Å². The van der Waals surface area contributed by atoms with Crippen LogP contribution < -0.4 is 0 Å². The summed E-state index contributed by atoms with van der Waals surface area (Å²) in [5.41, 5.74) is 0.913. The molecule has 18 heavy (non-hydrogen) atoms. The average Bonchev–Trinajstić information content (AvgIpc) is 3.04. The number of carbonyl (C=O) groups is 1. The Kier molecular flexibility index (Phi) is 2.28. The molecule has 1 aromatic rings. The average molecular weight is 248 g/mol. The molecule has 0 aromatic heterocycles. The predicted molar refractivity (Wildman–Crippen MR) is 58.5 cm³/mol. The molecule has 0 amide bonds. The smallest absolute Gasteiger partial charge is 0.221 e. The largest absolute Gasteiger partial charge is 0.343 e. The van der Waals surface area contributed by atoms with Gasteiger partial charge in [-0.1, -0.05) is 30.3 Å². The minimum atomic E-state index is -0.769. The van der Waals surface area contributed by atoms with Gasteiger partial charge in [0.2, 0.25) is 12.1 Å². The van der Waals surface area contributed by atoms with E-state index in [2.05, 4.69) is 0 Å². The highest BCUT2D eigenvalue weighted by molar-refractivity contribution is 5.88. The van der Waals surface area contributed by atoms with Crippen LogP contribution in [0.5, 0.6) is 0 Å². The Labute approximate surface area is 104 Å². The fourth-order valence-corrected chi connectivity index (χ4v) is 2.61. The lowest BCUT2D eigenvalue weighted by molar-refractivity contribution is -0.169. The molecule has 3 aliphatic rings. The molecule has 0 N–H and O–H groups in total. The van der Waals surface area contributed by atoms with Gasteiger partial charge in [-0.2, -0.15) is 0 Å². The molecule has 0 radical (unpaired) electrons. The maximum absolute atomic E-state index is 12.0. The summed E-state index contributed by atoms with van der Waals surface area (Å²) >= 11 is 0. The summed E-state index contributed by atoms with van der Waals surface area (Å²) in [5.74, 6) is -0.174. The first-order chi connectivity index (χ1) is 8.83. The number of fused-ring (bicyclic) bond motifs is 4. The van der Waals surface area contributed by atoms with E-state index < -0.39 is 18.7 Å². The van der Waals surface area contributed by atoms with Gasteiger partial charge in [0.1, 0.15) is 12.2 Å². The van der Waals surface area contributed by atoms with Crippen molar-refractivity contribution in [2.24, 2.45) is 0 Å². The molecule has 0 spiro atoms. The van der Waals surface area contributed by atoms with Crippen LogP contribution in [-0.4, -0.2) is 37.0 Å². The zero-order valence-corrected chi connectivity index (χ0v) is 9.52. The Bertz CT molecular complexity index is 474. The molecule has 3 heterocycles. The van der Waals surface area contributed by atoms with E-state index in [1.54, 1.807) is 0 Å². The standard InChI is InChI=1S/C13H12O5/c14-9-11-10(8-6-15-13(9)16-8)17-12(18-11)7-4-2-1-3-5-7/h1-5,8,10-13H,6H2/t8-,10+,11-,12?,13+/m1/s1. The van der Waals surface area contributed by atoms with E-state index in [0.717, 1.165) is 5.56 Å². The Balaban J connectivity index is 1.61. The molecule has 5 heteroatoms. The van der Waals surface area contributed by atoms with Crippen molar-refractivity contribution in [1.29, 1.82) is 0 Å². The lowest BCUT2D eigenvalue weighted by Crippen LogP contribution is -2.49. The van der Waals surface area contributed by atoms with Crippen LogP contribution in [0.2, 0.25) is 0 Å². The van der Waals surface area contributed by atoms with Gasteiger partial charge in [0.05, 0.1) is 6.61 Å². The van der Waals surface area contributed by atoms with Gasteiger partial charge >= 0.3 is 0 Å². The van der Waals surface area contributed by atoms with E-state index in [-0.39, 0.29) is 18.0 Å². The summed E-state index contributed by atoms with van der Waals surface area (Å²) in [6.07, 6.45) is -2.39. The van der Waals surface area contributed by atoms with Gasteiger partial charge < -0.3 is 18.9 Å². The summed E-state index contributed by atoms with van der Waals surface area (Å²) in [6, 6.07) is 9.59. The maximum atomic E-state index is 12.0. The van der Waals surface area contributed by atoms with Gasteiger partial charge in [-0.05, 0) is 0 Å². The van der Waals surface area contributed by atoms with Crippen LogP contribution in [0.1, 0.15) is 11.9 Å². The Morgan fingerprint density at radius 3 is 2.67 bits per heavy atom. The zero-order valence-electron chi connectivity index (χ0n) is 9.52. The minimum absolute atomic E-state index is 0.174. The molecule has 2 bridgehead atoms. The van der Waals surface area contributed by atoms with Crippen LogP contribution in [0.15, 0.2) is 30.3 Å². The molecular formula is C13H12O5. The SMILES string of the molecule is O=C1[C@H]2OC[C@@H](O2)[C@@H]2OC(c3ccccc3)O[C@H]12. The van der Waals surface area contributed by atoms with Gasteiger partial charge in [0, 0.05) is 5.56 Å². The number of carbonyl (C=O) groups excluding carboxylic acids is 1. The first kappa shape index (κ1) is 10.6. The molecule has 3 fully saturated rings. The number of ketones is 1. The van der Waals surface area contributed by atoms with E-state index in [1.165, 1.54) is 0 Å². The summed E-state index contributed by atoms with van der Waals surface area (Å²) < 4.78 is 22.2. The maximum Gasteiger partial charge on any atom is 0.221 e. The van der Waals surface area contributed by atoms with Crippen LogP contribution in [0.25, 0.3) is 0 Å². The summed E-state index contributed by atoms with van der Waals surface area (Å²) in [6.45, 7) is 0.391. The molecule has 1 unspecified atom stereocenters. The van der Waals surface area contributed by atoms with Crippen molar-refractivity contribution in [3.63, 3.8) is 0 Å². The second-order valence-corrected chi connectivity index (χ2v) is 4.64. The number of Topliss-reactive ketones (excluding diaryl/α,β-unsaturated/α-hetero) is 1. The highest BCUT2D eigenvalue weighted by Crippen LogP contribution is 2.39. The third kappa shape index (κ3) is 1.45. The van der Waals surface area contributed by atoms with E-state index in [0.29, 0.717) is 6.61 Å². The van der Waals surface area contributed by atoms with Crippen LogP contribution in [0.4, 0.5) is 0 Å². The molecule has 3 aliphatic heterocycles. The van der Waals surface area contributed by atoms with Gasteiger partial charge in [0.15, 0.2) is 12.4 Å². The minimum Gasteiger partial charge on any atom is -0.343 e. The van der Waals surface area contributed by atoms with Gasteiger partial charge in [-0.25, -0.2) is 0 Å². The lowest BCUT2D eigenvalue weighted by atomic mass is 10.0. The van der Waals surface area contributed by atoms with E-state index >= 15 is 0 Å². The third-order valence-corrected chi connectivity index (χ3v) is 3.51. The Hall–Kier alpha value is -1.27. The lowest BCUT2D eigenvalue weighted by Gasteiger charge is -2.25. The molecule has 0 saturated carbocycles. The Morgan fingerprint density at radius 2 is 1.83 bits per heavy atom. The molecule has 5 nitrogen and oxygen atoms in total. The summed E-state index contributed by atoms with van der Waals surface area (Å²) in [4.78, 5) is 12.0. The van der Waals surface area contributed by atoms with Crippen molar-refractivity contribution in [3.05, 3.63) is 35.9 Å². The van der Waals surface area contributed by atoms with Gasteiger partial charge in [-0.3, -0.25) is 4.79 Å². The van der Waals surface area contributed by atoms with Crippen molar-refractivity contribution < 1.29 is 23.7 Å². The van der Waals surface area contributed by atoms with Crippen molar-refractivity contribution >= 4 is 5.78 Å². The highest BCUT2D eigenvalue weighted by Gasteiger charge is 2.56. The predicted octanol–water partition coefficient (Wildman–Crippen LogP) is 0.793. The third-order valence-electron chi connectivity index (χ3n) is 3.51. The number of benzene rings is 1. The van der Waals surface area contributed by atoms with Crippen LogP contribution in [0, 0.1) is 0 Å². The molecule has 3 saturated heterocycles. The van der Waals surface area contributed by atoms with Crippen molar-refractivity contribution in [3.8, 4) is 0 Å². The number of ether oxygens (including phenoxy) is 4. The van der Waals surface area contributed by atoms with Gasteiger partial charge in [0.25, 0.3) is 0 Å². The fraction of sp³-hybridized carbons (Fsp3) is 0.462. The van der Waals surface area contributed by atoms with Crippen molar-refractivity contribution in [2.75, 3.05) is 6.61 Å². The number of rotatable bonds is 1. The van der Waals surface area contributed by atoms with E-state index in [4.69, 9.17) is 18.9 Å². The highest BCUT2D eigenvalue weighted by atomic mass is 16.8. The monoisotopic (exact) mass is 248 g/mol. The molecular weight excluding hydrogens is 236 g/mol. The summed E-state index contributed by atoms with van der Waals surface area (Å²) in [7, 11) is 0. The van der Waals surface area contributed by atoms with E-state index in [1.807, 2.05) is 30.3 Å². The molecule has 4 rings (SSSR count). The normalized spacial score (nSPS) is 42.0. The van der Waals surface area contributed by atoms with Crippen molar-refractivity contribution in [1.82, 2.24) is 0 Å². The Morgan fingerprint density at radius 1 is 1.00 bits per heavy atom. The zero-order chi connectivity index (χ0) is 12.1. The van der Waals surface area contributed by atoms with E-state index in [9.17, 15) is 4.79 Å². The molecule has 1 aromatic carbocycles. The molecule has 94 valence electrons. The van der Waals surface area contributed by atoms with Crippen LogP contribution >= 0.6 is 0 Å². The first-order valence-electron chi connectivity index (χ1n) is 5.99. The second-order valence-electron chi connectivity index (χ2n) is 4.64. The van der Waals surface area contributed by atoms with Crippen LogP contribution in [0.3, 0.4) is 0 Å². The summed E-state index contributed by atoms with van der Waals surface area (Å²) in [5, 5.41) is 0. The first-order valence-corrected chi connectivity index (χ1v) is 5.99. The second kappa shape index (κ2) is 3.86.